The first kappa shape index (κ1) is 15.5. The predicted octanol–water partition coefficient (Wildman–Crippen LogP) is 3.80. The van der Waals surface area contributed by atoms with Crippen LogP contribution < -0.4 is 0 Å². The molecule has 23 heavy (non-hydrogen) atoms. The lowest BCUT2D eigenvalue weighted by molar-refractivity contribution is -0.0273. The minimum atomic E-state index is -0.129. The van der Waals surface area contributed by atoms with Gasteiger partial charge in [-0.05, 0) is 78.5 Å². The lowest BCUT2D eigenvalue weighted by Crippen LogP contribution is -2.44. The van der Waals surface area contributed by atoms with E-state index in [9.17, 15) is 10.2 Å². The van der Waals surface area contributed by atoms with E-state index in [0.717, 1.165) is 32.1 Å². The summed E-state index contributed by atoms with van der Waals surface area (Å²) in [6, 6.07) is 5.92. The van der Waals surface area contributed by atoms with Gasteiger partial charge in [0.2, 0.25) is 0 Å². The average molecular weight is 316 g/mol. The first-order valence-electron chi connectivity index (χ1n) is 9.04. The van der Waals surface area contributed by atoms with Gasteiger partial charge in [-0.3, -0.25) is 0 Å². The van der Waals surface area contributed by atoms with Gasteiger partial charge in [-0.25, -0.2) is 0 Å². The number of benzene rings is 1. The fourth-order valence-corrected chi connectivity index (χ4v) is 6.04. The number of aliphatic hydroxyl groups excluding tert-OH is 1. The molecule has 3 aliphatic rings. The Hall–Kier alpha value is -1.06. The third-order valence-electron chi connectivity index (χ3n) is 7.22. The van der Waals surface area contributed by atoms with E-state index in [2.05, 4.69) is 13.0 Å². The van der Waals surface area contributed by atoms with Crippen molar-refractivity contribution in [3.05, 3.63) is 29.3 Å². The Balaban J connectivity index is 1.74. The molecule has 4 rings (SSSR count). The lowest BCUT2D eigenvalue weighted by Gasteiger charge is -2.51. The molecule has 6 atom stereocenters. The van der Waals surface area contributed by atoms with Gasteiger partial charge in [0.1, 0.15) is 5.75 Å². The molecule has 2 N–H and O–H groups in total. The molecule has 0 amide bonds. The maximum absolute atomic E-state index is 10.5. The zero-order chi connectivity index (χ0) is 16.2. The molecule has 2 fully saturated rings. The van der Waals surface area contributed by atoms with Crippen LogP contribution in [0.15, 0.2) is 18.2 Å². The fraction of sp³-hybridized carbons (Fsp3) is 0.700. The maximum atomic E-state index is 10.5. The van der Waals surface area contributed by atoms with Gasteiger partial charge in [-0.2, -0.15) is 0 Å². The predicted molar refractivity (Wildman–Crippen MR) is 89.6 cm³/mol. The van der Waals surface area contributed by atoms with Crippen molar-refractivity contribution < 1.29 is 14.9 Å². The van der Waals surface area contributed by atoms with Gasteiger partial charge in [0, 0.05) is 13.0 Å². The number of hydrogen-bond acceptors (Lipinski definition) is 3. The number of fused-ring (bicyclic) bond motifs is 5. The highest BCUT2D eigenvalue weighted by Gasteiger charge is 2.55. The van der Waals surface area contributed by atoms with E-state index in [1.54, 1.807) is 7.11 Å². The molecule has 1 aromatic carbocycles. The Morgan fingerprint density at radius 2 is 2.04 bits per heavy atom. The molecular weight excluding hydrogens is 288 g/mol. The van der Waals surface area contributed by atoms with Crippen LogP contribution in [0.2, 0.25) is 0 Å². The van der Waals surface area contributed by atoms with Crippen molar-refractivity contribution in [1.29, 1.82) is 0 Å². The Bertz CT molecular complexity index is 599. The maximum Gasteiger partial charge on any atom is 0.115 e. The van der Waals surface area contributed by atoms with E-state index in [1.807, 2.05) is 12.1 Å². The Morgan fingerprint density at radius 1 is 1.22 bits per heavy atom. The summed E-state index contributed by atoms with van der Waals surface area (Å²) in [6.45, 7) is 3.02. The molecule has 0 radical (unpaired) electrons. The molecule has 0 aliphatic heterocycles. The molecule has 2 saturated carbocycles. The molecule has 0 aromatic heterocycles. The minimum Gasteiger partial charge on any atom is -0.508 e. The number of phenolic OH excluding ortho intramolecular Hbond substituents is 1. The van der Waals surface area contributed by atoms with Gasteiger partial charge in [-0.1, -0.05) is 13.0 Å². The third kappa shape index (κ3) is 2.24. The number of ether oxygens (including phenoxy) is 1. The summed E-state index contributed by atoms with van der Waals surface area (Å²) in [5.74, 6) is 2.58. The highest BCUT2D eigenvalue weighted by Crippen LogP contribution is 2.62. The molecule has 3 nitrogen and oxygen atoms in total. The van der Waals surface area contributed by atoms with E-state index in [1.165, 1.54) is 11.1 Å². The molecule has 3 unspecified atom stereocenters. The van der Waals surface area contributed by atoms with Crippen molar-refractivity contribution in [3.8, 4) is 5.75 Å². The molecule has 126 valence electrons. The average Bonchev–Trinajstić information content (AvgIpc) is 2.83. The van der Waals surface area contributed by atoms with Crippen molar-refractivity contribution in [1.82, 2.24) is 0 Å². The summed E-state index contributed by atoms with van der Waals surface area (Å²) in [5, 5.41) is 20.4. The number of aliphatic hydroxyl groups is 1. The summed E-state index contributed by atoms with van der Waals surface area (Å²) in [6.07, 6.45) is 5.40. The van der Waals surface area contributed by atoms with Crippen molar-refractivity contribution in [2.75, 3.05) is 13.7 Å². The van der Waals surface area contributed by atoms with Crippen molar-refractivity contribution >= 4 is 0 Å². The molecule has 0 saturated heterocycles. The number of methoxy groups -OCH3 is 1. The van der Waals surface area contributed by atoms with Crippen LogP contribution in [-0.4, -0.2) is 30.0 Å². The van der Waals surface area contributed by atoms with Crippen LogP contribution in [0.1, 0.15) is 62.0 Å². The second-order valence-corrected chi connectivity index (χ2v) is 8.22. The first-order chi connectivity index (χ1) is 11.0. The monoisotopic (exact) mass is 316 g/mol. The third-order valence-corrected chi connectivity index (χ3v) is 7.22. The molecule has 0 bridgehead atoms. The summed E-state index contributed by atoms with van der Waals surface area (Å²) in [7, 11) is 1.76. The Labute approximate surface area is 138 Å². The lowest BCUT2D eigenvalue weighted by atomic mass is 9.54. The summed E-state index contributed by atoms with van der Waals surface area (Å²) < 4.78 is 5.48. The smallest absolute Gasteiger partial charge is 0.115 e. The quantitative estimate of drug-likeness (QED) is 0.872. The van der Waals surface area contributed by atoms with Crippen LogP contribution in [0.3, 0.4) is 0 Å². The Morgan fingerprint density at radius 3 is 2.83 bits per heavy atom. The number of hydrogen-bond donors (Lipinski definition) is 2. The molecular formula is C20H28O3. The topological polar surface area (TPSA) is 49.7 Å². The molecule has 1 aromatic rings. The second-order valence-electron chi connectivity index (χ2n) is 8.22. The van der Waals surface area contributed by atoms with E-state index in [0.29, 0.717) is 36.0 Å². The number of aromatic hydroxyl groups is 1. The van der Waals surface area contributed by atoms with E-state index in [4.69, 9.17) is 4.74 Å². The zero-order valence-corrected chi connectivity index (χ0v) is 14.2. The summed E-state index contributed by atoms with van der Waals surface area (Å²) in [4.78, 5) is 0. The van der Waals surface area contributed by atoms with Gasteiger partial charge in [-0.15, -0.1) is 0 Å². The van der Waals surface area contributed by atoms with Crippen molar-refractivity contribution in [2.24, 2.45) is 17.3 Å². The molecule has 3 heteroatoms. The highest BCUT2D eigenvalue weighted by molar-refractivity contribution is 5.42. The van der Waals surface area contributed by atoms with Crippen LogP contribution >= 0.6 is 0 Å². The van der Waals surface area contributed by atoms with Gasteiger partial charge in [0.25, 0.3) is 0 Å². The van der Waals surface area contributed by atoms with Gasteiger partial charge < -0.3 is 14.9 Å². The summed E-state index contributed by atoms with van der Waals surface area (Å²) >= 11 is 0. The molecule has 3 aliphatic carbocycles. The van der Waals surface area contributed by atoms with E-state index < -0.39 is 0 Å². The number of rotatable bonds is 2. The summed E-state index contributed by atoms with van der Waals surface area (Å²) in [5.41, 5.74) is 2.81. The zero-order valence-electron chi connectivity index (χ0n) is 14.2. The van der Waals surface area contributed by atoms with Crippen molar-refractivity contribution in [3.63, 3.8) is 0 Å². The van der Waals surface area contributed by atoms with E-state index in [-0.39, 0.29) is 11.5 Å². The molecule has 0 spiro atoms. The first-order valence-corrected chi connectivity index (χ1v) is 9.04. The normalized spacial score (nSPS) is 42.0. The van der Waals surface area contributed by atoms with Crippen LogP contribution in [-0.2, 0) is 4.74 Å². The van der Waals surface area contributed by atoms with E-state index >= 15 is 0 Å². The number of phenols is 1. The second kappa shape index (κ2) is 5.49. The Kier molecular flexibility index (Phi) is 3.69. The van der Waals surface area contributed by atoms with Gasteiger partial charge in [0.05, 0.1) is 12.7 Å². The van der Waals surface area contributed by atoms with Crippen LogP contribution in [0.25, 0.3) is 0 Å². The standard InChI is InChI=1S/C20H28O3/c1-20-8-7-15-14-4-3-13(21)10-16(14)12(11-23-2)9-17(15)18(20)5-6-19(20)22/h3-4,10,12,15,17-19,21-22H,5-9,11H2,1-2H3/t12-,15?,17?,18?,19-,20-/m0/s1. The van der Waals surface area contributed by atoms with Gasteiger partial charge in [0.15, 0.2) is 0 Å². The minimum absolute atomic E-state index is 0.104. The SMILES string of the molecule is COC[C@@H]1CC2C(CC[C@@]3(C)C2CC[C@@H]3O)c2ccc(O)cc21. The van der Waals surface area contributed by atoms with Crippen molar-refractivity contribution in [2.45, 2.75) is 57.0 Å². The van der Waals surface area contributed by atoms with Gasteiger partial charge >= 0.3 is 0 Å². The van der Waals surface area contributed by atoms with Crippen LogP contribution in [0, 0.1) is 17.3 Å². The largest absolute Gasteiger partial charge is 0.508 e. The van der Waals surface area contributed by atoms with Crippen LogP contribution in [0.4, 0.5) is 0 Å². The van der Waals surface area contributed by atoms with Crippen LogP contribution in [0.5, 0.6) is 5.75 Å². The highest BCUT2D eigenvalue weighted by atomic mass is 16.5. The fourth-order valence-electron chi connectivity index (χ4n) is 6.04. The molecule has 0 heterocycles.